The Morgan fingerprint density at radius 2 is 1.29 bits per heavy atom. The van der Waals surface area contributed by atoms with Gasteiger partial charge in [0, 0.05) is 0 Å². The summed E-state index contributed by atoms with van der Waals surface area (Å²) in [5.41, 5.74) is 0. The minimum Gasteiger partial charge on any atom is -0.473 e. The maximum Gasteiger partial charge on any atom is 0.0902 e. The zero-order valence-corrected chi connectivity index (χ0v) is 6.96. The van der Waals surface area contributed by atoms with Gasteiger partial charge in [0.2, 0.25) is 0 Å². The molecular weight excluding hydrogens is 126 g/mol. The highest BCUT2D eigenvalue weighted by atomic mass is 31.0. The Bertz CT molecular complexity index is 66.2. The molecule has 0 spiro atoms. The van der Waals surface area contributed by atoms with Crippen molar-refractivity contribution < 1.29 is 4.42 Å². The molecule has 3 heteroatoms. The van der Waals surface area contributed by atoms with E-state index in [1.165, 1.54) is 0 Å². The lowest BCUT2D eigenvalue weighted by Crippen LogP contribution is -1.16. The molecule has 0 saturated carbocycles. The van der Waals surface area contributed by atoms with Crippen LogP contribution in [0.15, 0.2) is 29.1 Å². The van der Waals surface area contributed by atoms with Gasteiger partial charge in [0.1, 0.15) is 0 Å². The van der Waals surface area contributed by atoms with Crippen molar-refractivity contribution in [2.45, 2.75) is 0 Å². The fraction of sp³-hybridized carbons (Fsp3) is 0. The normalized spacial score (nSPS) is 5.71. The molecule has 0 aliphatic heterocycles. The molecule has 0 fully saturated rings. The van der Waals surface area contributed by atoms with Crippen molar-refractivity contribution in [3.63, 3.8) is 0 Å². The van der Waals surface area contributed by atoms with E-state index in [0.29, 0.717) is 0 Å². The molecule has 2 atom stereocenters. The van der Waals surface area contributed by atoms with Crippen LogP contribution in [0.2, 0.25) is 0 Å². The average molecular weight is 136 g/mol. The lowest BCUT2D eigenvalue weighted by atomic mass is 10.7. The fourth-order valence-electron chi connectivity index (χ4n) is 0.227. The molecule has 0 aliphatic carbocycles. The van der Waals surface area contributed by atoms with Gasteiger partial charge in [-0.25, -0.2) is 0 Å². The van der Waals surface area contributed by atoms with Gasteiger partial charge in [-0.2, -0.15) is 19.8 Å². The van der Waals surface area contributed by atoms with Crippen LogP contribution in [0.4, 0.5) is 0 Å². The molecule has 1 rings (SSSR count). The van der Waals surface area contributed by atoms with Crippen LogP contribution in [-0.4, -0.2) is 0 Å². The molecule has 1 aromatic heterocycles. The van der Waals surface area contributed by atoms with Crippen LogP contribution < -0.4 is 0 Å². The van der Waals surface area contributed by atoms with E-state index in [0.717, 1.165) is 0 Å². The van der Waals surface area contributed by atoms with Crippen LogP contribution in [0, 0.1) is 0 Å². The van der Waals surface area contributed by atoms with E-state index in [2.05, 4.69) is 4.42 Å². The molecule has 1 heterocycles. The monoisotopic (exact) mass is 136 g/mol. The van der Waals surface area contributed by atoms with Crippen LogP contribution in [0.1, 0.15) is 0 Å². The van der Waals surface area contributed by atoms with Crippen molar-refractivity contribution in [2.24, 2.45) is 0 Å². The van der Waals surface area contributed by atoms with E-state index in [-0.39, 0.29) is 19.8 Å². The average Bonchev–Trinajstić information content (AvgIpc) is 1.76. The first-order chi connectivity index (χ1) is 2.50. The highest BCUT2D eigenvalue weighted by Crippen LogP contribution is 1.79. The van der Waals surface area contributed by atoms with Crippen LogP contribution in [0.3, 0.4) is 0 Å². The maximum atomic E-state index is 4.58. The summed E-state index contributed by atoms with van der Waals surface area (Å²) in [5.74, 6) is 0. The molecule has 0 aromatic carbocycles. The van der Waals surface area contributed by atoms with E-state index in [1.54, 1.807) is 12.5 Å². The molecule has 0 radical (unpaired) electrons. The van der Waals surface area contributed by atoms with Crippen LogP contribution in [-0.2, 0) is 0 Å². The summed E-state index contributed by atoms with van der Waals surface area (Å²) < 4.78 is 4.58. The summed E-state index contributed by atoms with van der Waals surface area (Å²) in [5, 5.41) is 0. The Labute approximate surface area is 49.7 Å². The SMILES string of the molecule is P.P.c1ccoc1. The van der Waals surface area contributed by atoms with Crippen molar-refractivity contribution in [1.29, 1.82) is 0 Å². The highest BCUT2D eigenvalue weighted by Gasteiger charge is 1.58. The van der Waals surface area contributed by atoms with Crippen LogP contribution in [0.5, 0.6) is 0 Å². The lowest BCUT2D eigenvalue weighted by molar-refractivity contribution is 0.567. The van der Waals surface area contributed by atoms with Crippen molar-refractivity contribution >= 4 is 19.8 Å². The van der Waals surface area contributed by atoms with E-state index in [1.807, 2.05) is 12.1 Å². The largest absolute Gasteiger partial charge is 0.473 e. The molecule has 0 bridgehead atoms. The Morgan fingerprint density at radius 3 is 1.43 bits per heavy atom. The van der Waals surface area contributed by atoms with Gasteiger partial charge in [0.15, 0.2) is 0 Å². The summed E-state index contributed by atoms with van der Waals surface area (Å²) in [6.45, 7) is 0. The molecular formula is C4H10OP2. The maximum absolute atomic E-state index is 4.58. The second kappa shape index (κ2) is 6.14. The van der Waals surface area contributed by atoms with Crippen molar-refractivity contribution in [3.8, 4) is 0 Å². The van der Waals surface area contributed by atoms with Crippen LogP contribution >= 0.6 is 19.8 Å². The van der Waals surface area contributed by atoms with E-state index in [9.17, 15) is 0 Å². The molecule has 42 valence electrons. The van der Waals surface area contributed by atoms with E-state index < -0.39 is 0 Å². The number of hydrogen-bond acceptors (Lipinski definition) is 1. The summed E-state index contributed by atoms with van der Waals surface area (Å²) in [6, 6.07) is 3.67. The molecule has 1 nitrogen and oxygen atoms in total. The highest BCUT2D eigenvalue weighted by molar-refractivity contribution is 6.92. The van der Waals surface area contributed by atoms with Crippen LogP contribution in [0.25, 0.3) is 0 Å². The molecule has 0 saturated heterocycles. The first kappa shape index (κ1) is 10.2. The third-order valence-electron chi connectivity index (χ3n) is 0.425. The zero-order valence-electron chi connectivity index (χ0n) is 4.13. The third-order valence-corrected chi connectivity index (χ3v) is 0.425. The number of furan rings is 1. The Hall–Kier alpha value is 0.140. The smallest absolute Gasteiger partial charge is 0.0902 e. The van der Waals surface area contributed by atoms with Gasteiger partial charge in [-0.05, 0) is 12.1 Å². The topological polar surface area (TPSA) is 13.1 Å². The molecule has 0 aliphatic rings. The molecule has 7 heavy (non-hydrogen) atoms. The molecule has 0 amide bonds. The summed E-state index contributed by atoms with van der Waals surface area (Å²) in [4.78, 5) is 0. The second-order valence-electron chi connectivity index (χ2n) is 0.793. The number of rotatable bonds is 0. The second-order valence-corrected chi connectivity index (χ2v) is 0.793. The lowest BCUT2D eigenvalue weighted by Gasteiger charge is -1.50. The summed E-state index contributed by atoms with van der Waals surface area (Å²) in [7, 11) is 0. The fourth-order valence-corrected chi connectivity index (χ4v) is 0.227. The molecule has 1 aromatic rings. The van der Waals surface area contributed by atoms with Gasteiger partial charge >= 0.3 is 0 Å². The standard InChI is InChI=1S/C4H4O.2H3P/c1-2-4-5-3-1;;/h1-4H;2*1H3. The van der Waals surface area contributed by atoms with E-state index in [4.69, 9.17) is 0 Å². The van der Waals surface area contributed by atoms with E-state index >= 15 is 0 Å². The Kier molecular flexibility index (Phi) is 8.94. The Balaban J connectivity index is 0. The first-order valence-electron chi connectivity index (χ1n) is 1.47. The van der Waals surface area contributed by atoms with Crippen molar-refractivity contribution in [3.05, 3.63) is 24.7 Å². The quantitative estimate of drug-likeness (QED) is 0.491. The number of hydrogen-bond donors (Lipinski definition) is 0. The van der Waals surface area contributed by atoms with Gasteiger partial charge in [-0.15, -0.1) is 0 Å². The van der Waals surface area contributed by atoms with Crippen molar-refractivity contribution in [2.75, 3.05) is 0 Å². The van der Waals surface area contributed by atoms with Gasteiger partial charge in [0.25, 0.3) is 0 Å². The first-order valence-corrected chi connectivity index (χ1v) is 1.47. The van der Waals surface area contributed by atoms with Gasteiger partial charge in [-0.3, -0.25) is 0 Å². The summed E-state index contributed by atoms with van der Waals surface area (Å²) >= 11 is 0. The predicted molar refractivity (Wildman–Crippen MR) is 40.9 cm³/mol. The van der Waals surface area contributed by atoms with Crippen molar-refractivity contribution in [1.82, 2.24) is 0 Å². The third kappa shape index (κ3) is 3.98. The Morgan fingerprint density at radius 1 is 0.857 bits per heavy atom. The summed E-state index contributed by atoms with van der Waals surface area (Å²) in [6.07, 6.45) is 3.25. The molecule has 2 unspecified atom stereocenters. The molecule has 0 N–H and O–H groups in total. The van der Waals surface area contributed by atoms with Gasteiger partial charge in [0.05, 0.1) is 12.5 Å². The minimum atomic E-state index is 0. The van der Waals surface area contributed by atoms with Gasteiger partial charge < -0.3 is 4.42 Å². The van der Waals surface area contributed by atoms with Gasteiger partial charge in [-0.1, -0.05) is 0 Å². The minimum absolute atomic E-state index is 0. The zero-order chi connectivity index (χ0) is 3.54. The predicted octanol–water partition coefficient (Wildman–Crippen LogP) is 1.40.